The standard InChI is InChI=1S/C25H34O2/c1-3-4-5-6-7-8-20-9-11-21(12-10-20)22-13-14-24-18-25(27-19(2)26)16-15-23(24)17-22/h13-18,20-21H,3-12H2,1-2H3. The van der Waals surface area contributed by atoms with Crippen molar-refractivity contribution in [2.75, 3.05) is 0 Å². The summed E-state index contributed by atoms with van der Waals surface area (Å²) in [7, 11) is 0. The largest absolute Gasteiger partial charge is 0.427 e. The van der Waals surface area contributed by atoms with Crippen molar-refractivity contribution < 1.29 is 9.53 Å². The van der Waals surface area contributed by atoms with E-state index in [1.54, 1.807) is 0 Å². The summed E-state index contributed by atoms with van der Waals surface area (Å²) < 4.78 is 5.20. The predicted molar refractivity (Wildman–Crippen MR) is 113 cm³/mol. The summed E-state index contributed by atoms with van der Waals surface area (Å²) in [6.07, 6.45) is 13.9. The van der Waals surface area contributed by atoms with Crippen LogP contribution < -0.4 is 4.74 Å². The SMILES string of the molecule is CCCCCCCC1CCC(c2ccc3cc(OC(C)=O)ccc3c2)CC1. The van der Waals surface area contributed by atoms with E-state index in [1.165, 1.54) is 82.1 Å². The molecule has 0 amide bonds. The van der Waals surface area contributed by atoms with Crippen LogP contribution in [0.15, 0.2) is 36.4 Å². The Morgan fingerprint density at radius 1 is 0.926 bits per heavy atom. The number of carbonyl (C=O) groups excluding carboxylic acids is 1. The Morgan fingerprint density at radius 3 is 2.37 bits per heavy atom. The first-order chi connectivity index (χ1) is 13.2. The highest BCUT2D eigenvalue weighted by molar-refractivity contribution is 5.85. The predicted octanol–water partition coefficient (Wildman–Crippen LogP) is 7.40. The zero-order chi connectivity index (χ0) is 19.1. The van der Waals surface area contributed by atoms with Crippen molar-refractivity contribution in [3.8, 4) is 5.75 Å². The minimum atomic E-state index is -0.270. The lowest BCUT2D eigenvalue weighted by Gasteiger charge is -2.29. The first kappa shape index (κ1) is 19.9. The van der Waals surface area contributed by atoms with Crippen molar-refractivity contribution in [2.45, 2.75) is 84.0 Å². The van der Waals surface area contributed by atoms with Gasteiger partial charge in [0.2, 0.25) is 0 Å². The van der Waals surface area contributed by atoms with E-state index in [0.717, 1.165) is 11.3 Å². The smallest absolute Gasteiger partial charge is 0.308 e. The zero-order valence-electron chi connectivity index (χ0n) is 17.0. The number of esters is 1. The first-order valence-electron chi connectivity index (χ1n) is 10.9. The molecule has 0 radical (unpaired) electrons. The molecule has 2 nitrogen and oxygen atoms in total. The number of hydrogen-bond acceptors (Lipinski definition) is 2. The Balaban J connectivity index is 1.53. The zero-order valence-corrected chi connectivity index (χ0v) is 17.0. The van der Waals surface area contributed by atoms with E-state index in [2.05, 4.69) is 31.2 Å². The quantitative estimate of drug-likeness (QED) is 0.276. The third-order valence-corrected chi connectivity index (χ3v) is 6.13. The van der Waals surface area contributed by atoms with E-state index < -0.39 is 0 Å². The van der Waals surface area contributed by atoms with Crippen molar-refractivity contribution in [2.24, 2.45) is 5.92 Å². The van der Waals surface area contributed by atoms with Crippen LogP contribution in [0.1, 0.15) is 89.5 Å². The summed E-state index contributed by atoms with van der Waals surface area (Å²) in [5, 5.41) is 2.37. The summed E-state index contributed by atoms with van der Waals surface area (Å²) in [5.74, 6) is 2.02. The Kier molecular flexibility index (Phi) is 7.32. The lowest BCUT2D eigenvalue weighted by Crippen LogP contribution is -2.13. The second-order valence-corrected chi connectivity index (χ2v) is 8.28. The van der Waals surface area contributed by atoms with Crippen LogP contribution in [0, 0.1) is 5.92 Å². The third kappa shape index (κ3) is 5.82. The molecule has 3 rings (SSSR count). The van der Waals surface area contributed by atoms with Crippen LogP contribution in [0.5, 0.6) is 5.75 Å². The van der Waals surface area contributed by atoms with E-state index in [4.69, 9.17) is 4.74 Å². The minimum Gasteiger partial charge on any atom is -0.427 e. The molecule has 27 heavy (non-hydrogen) atoms. The molecule has 1 fully saturated rings. The maximum Gasteiger partial charge on any atom is 0.308 e. The number of rotatable bonds is 8. The fourth-order valence-electron chi connectivity index (χ4n) is 4.55. The van der Waals surface area contributed by atoms with Crippen LogP contribution in [0.2, 0.25) is 0 Å². The second kappa shape index (κ2) is 9.92. The maximum absolute atomic E-state index is 11.1. The fraction of sp³-hybridized carbons (Fsp3) is 0.560. The van der Waals surface area contributed by atoms with E-state index in [9.17, 15) is 4.79 Å². The first-order valence-corrected chi connectivity index (χ1v) is 10.9. The molecule has 0 bridgehead atoms. The van der Waals surface area contributed by atoms with Crippen molar-refractivity contribution in [3.05, 3.63) is 42.0 Å². The van der Waals surface area contributed by atoms with E-state index >= 15 is 0 Å². The van der Waals surface area contributed by atoms with Crippen LogP contribution in [0.25, 0.3) is 10.8 Å². The van der Waals surface area contributed by atoms with Gasteiger partial charge in [-0.1, -0.05) is 69.7 Å². The van der Waals surface area contributed by atoms with Crippen LogP contribution in [0.3, 0.4) is 0 Å². The molecule has 0 aromatic heterocycles. The second-order valence-electron chi connectivity index (χ2n) is 8.28. The van der Waals surface area contributed by atoms with E-state index in [1.807, 2.05) is 12.1 Å². The van der Waals surface area contributed by atoms with Gasteiger partial charge in [-0.3, -0.25) is 4.79 Å². The molecule has 0 unspecified atom stereocenters. The molecule has 0 atom stereocenters. The molecule has 0 aliphatic heterocycles. The van der Waals surface area contributed by atoms with Gasteiger partial charge in [-0.15, -0.1) is 0 Å². The summed E-state index contributed by atoms with van der Waals surface area (Å²) >= 11 is 0. The van der Waals surface area contributed by atoms with Gasteiger partial charge in [0, 0.05) is 6.92 Å². The fourth-order valence-corrected chi connectivity index (χ4v) is 4.55. The van der Waals surface area contributed by atoms with Gasteiger partial charge in [0.15, 0.2) is 0 Å². The lowest BCUT2D eigenvalue weighted by molar-refractivity contribution is -0.131. The Bertz CT molecular complexity index is 741. The molecule has 1 aliphatic rings. The molecule has 0 spiro atoms. The summed E-state index contributed by atoms with van der Waals surface area (Å²) in [5.41, 5.74) is 1.48. The highest BCUT2D eigenvalue weighted by atomic mass is 16.5. The number of fused-ring (bicyclic) bond motifs is 1. The van der Waals surface area contributed by atoms with Crippen molar-refractivity contribution in [1.82, 2.24) is 0 Å². The van der Waals surface area contributed by atoms with Crippen LogP contribution in [-0.4, -0.2) is 5.97 Å². The highest BCUT2D eigenvalue weighted by Gasteiger charge is 2.22. The molecule has 1 aliphatic carbocycles. The molecule has 0 saturated heterocycles. The third-order valence-electron chi connectivity index (χ3n) is 6.13. The van der Waals surface area contributed by atoms with E-state index in [0.29, 0.717) is 11.7 Å². The van der Waals surface area contributed by atoms with Gasteiger partial charge in [0.1, 0.15) is 5.75 Å². The Morgan fingerprint density at radius 2 is 1.63 bits per heavy atom. The van der Waals surface area contributed by atoms with Crippen molar-refractivity contribution in [1.29, 1.82) is 0 Å². The molecular weight excluding hydrogens is 332 g/mol. The molecule has 2 aromatic carbocycles. The van der Waals surface area contributed by atoms with Gasteiger partial charge < -0.3 is 4.74 Å². The molecule has 0 N–H and O–H groups in total. The maximum atomic E-state index is 11.1. The number of hydrogen-bond donors (Lipinski definition) is 0. The molecule has 146 valence electrons. The number of unbranched alkanes of at least 4 members (excludes halogenated alkanes) is 4. The number of ether oxygens (including phenoxy) is 1. The van der Waals surface area contributed by atoms with Gasteiger partial charge in [0.05, 0.1) is 0 Å². The monoisotopic (exact) mass is 366 g/mol. The molecular formula is C25H34O2. The topological polar surface area (TPSA) is 26.3 Å². The number of carbonyl (C=O) groups is 1. The average molecular weight is 367 g/mol. The van der Waals surface area contributed by atoms with Gasteiger partial charge in [-0.25, -0.2) is 0 Å². The van der Waals surface area contributed by atoms with Crippen molar-refractivity contribution in [3.63, 3.8) is 0 Å². The minimum absolute atomic E-state index is 0.270. The lowest BCUT2D eigenvalue weighted by atomic mass is 9.77. The summed E-state index contributed by atoms with van der Waals surface area (Å²) in [6, 6.07) is 12.7. The van der Waals surface area contributed by atoms with Crippen molar-refractivity contribution >= 4 is 16.7 Å². The van der Waals surface area contributed by atoms with Gasteiger partial charge in [0.25, 0.3) is 0 Å². The molecule has 2 heteroatoms. The van der Waals surface area contributed by atoms with Crippen LogP contribution in [-0.2, 0) is 4.79 Å². The molecule has 1 saturated carbocycles. The Hall–Kier alpha value is -1.83. The van der Waals surface area contributed by atoms with Gasteiger partial charge in [-0.05, 0) is 66.0 Å². The summed E-state index contributed by atoms with van der Waals surface area (Å²) in [6.45, 7) is 3.72. The summed E-state index contributed by atoms with van der Waals surface area (Å²) in [4.78, 5) is 11.1. The Labute approximate surface area is 164 Å². The van der Waals surface area contributed by atoms with Crippen LogP contribution >= 0.6 is 0 Å². The van der Waals surface area contributed by atoms with Crippen LogP contribution in [0.4, 0.5) is 0 Å². The molecule has 0 heterocycles. The van der Waals surface area contributed by atoms with Gasteiger partial charge >= 0.3 is 5.97 Å². The van der Waals surface area contributed by atoms with Gasteiger partial charge in [-0.2, -0.15) is 0 Å². The normalized spacial score (nSPS) is 19.9. The number of benzene rings is 2. The highest BCUT2D eigenvalue weighted by Crippen LogP contribution is 2.38. The molecule has 2 aromatic rings. The average Bonchev–Trinajstić information content (AvgIpc) is 2.67. The van der Waals surface area contributed by atoms with E-state index in [-0.39, 0.29) is 5.97 Å².